The Labute approximate surface area is 210 Å². The first-order chi connectivity index (χ1) is 16.8. The van der Waals surface area contributed by atoms with Crippen LogP contribution in [0, 0.1) is 0 Å². The summed E-state index contributed by atoms with van der Waals surface area (Å²) in [6, 6.07) is 0. The van der Waals surface area contributed by atoms with Crippen LogP contribution in [0.4, 0.5) is 0 Å². The van der Waals surface area contributed by atoms with Crippen LogP contribution in [0.2, 0.25) is 0 Å². The zero-order chi connectivity index (χ0) is 24.8. The first-order valence-corrected chi connectivity index (χ1v) is 13.5. The second kappa shape index (κ2) is 28.7. The van der Waals surface area contributed by atoms with Gasteiger partial charge < -0.3 is 5.11 Å². The van der Waals surface area contributed by atoms with Crippen LogP contribution < -0.4 is 0 Å². The molecule has 190 valence electrons. The van der Waals surface area contributed by atoms with Gasteiger partial charge in [-0.15, -0.1) is 0 Å². The van der Waals surface area contributed by atoms with E-state index in [9.17, 15) is 4.79 Å². The molecule has 0 saturated carbocycles. The van der Waals surface area contributed by atoms with Crippen LogP contribution in [-0.4, -0.2) is 11.1 Å². The molecular weight excluding hydrogens is 416 g/mol. The molecule has 0 heterocycles. The Balaban J connectivity index is 3.44. The Hall–Kier alpha value is -2.35. The minimum atomic E-state index is -0.671. The summed E-state index contributed by atoms with van der Waals surface area (Å²) in [5.74, 6) is -0.671. The minimum absolute atomic E-state index is 0.321. The summed E-state index contributed by atoms with van der Waals surface area (Å²) in [5.41, 5.74) is 0. The van der Waals surface area contributed by atoms with Crippen LogP contribution in [-0.2, 0) is 4.79 Å². The molecule has 0 aliphatic rings. The number of allylic oxidation sites excluding steroid dienone is 14. The van der Waals surface area contributed by atoms with Gasteiger partial charge in [-0.3, -0.25) is 4.79 Å². The molecule has 0 saturated heterocycles. The van der Waals surface area contributed by atoms with Crippen molar-refractivity contribution in [2.24, 2.45) is 0 Å². The highest BCUT2D eigenvalue weighted by Gasteiger charge is 1.96. The molecule has 0 amide bonds. The van der Waals surface area contributed by atoms with Crippen molar-refractivity contribution < 1.29 is 9.90 Å². The van der Waals surface area contributed by atoms with E-state index in [1.165, 1.54) is 38.5 Å². The lowest BCUT2D eigenvalue weighted by Crippen LogP contribution is -1.93. The first-order valence-electron chi connectivity index (χ1n) is 13.5. The topological polar surface area (TPSA) is 37.3 Å². The Morgan fingerprint density at radius 1 is 0.471 bits per heavy atom. The standard InChI is InChI=1S/C32H50O2/c1-2-3-4-5-6-7-8-9-10-11-12-13-14-15-16-17-18-19-20-21-22-23-24-25-26-27-28-29-30-31-32(33)34/h3-4,6-7,9-10,12-13,15-16,18-19,21-22H,2,5,8,11,14,17,20,23-31H2,1H3,(H,33,34)/b4-3-,7-6-,10-9-,13-12-,16-15-,19-18-,22-21-. The van der Waals surface area contributed by atoms with Crippen LogP contribution in [0.15, 0.2) is 85.1 Å². The van der Waals surface area contributed by atoms with Gasteiger partial charge in [0.2, 0.25) is 0 Å². The lowest BCUT2D eigenvalue weighted by molar-refractivity contribution is -0.137. The van der Waals surface area contributed by atoms with Gasteiger partial charge in [0.25, 0.3) is 0 Å². The summed E-state index contributed by atoms with van der Waals surface area (Å²) in [7, 11) is 0. The zero-order valence-corrected chi connectivity index (χ0v) is 21.8. The Morgan fingerprint density at radius 3 is 1.18 bits per heavy atom. The van der Waals surface area contributed by atoms with Crippen LogP contribution >= 0.6 is 0 Å². The maximum absolute atomic E-state index is 10.4. The number of carboxylic acid groups (broad SMARTS) is 1. The summed E-state index contributed by atoms with van der Waals surface area (Å²) < 4.78 is 0. The molecule has 2 heteroatoms. The zero-order valence-electron chi connectivity index (χ0n) is 21.8. The average molecular weight is 467 g/mol. The van der Waals surface area contributed by atoms with E-state index in [1.54, 1.807) is 0 Å². The maximum atomic E-state index is 10.4. The normalized spacial score (nSPS) is 13.0. The van der Waals surface area contributed by atoms with E-state index in [0.29, 0.717) is 6.42 Å². The maximum Gasteiger partial charge on any atom is 0.303 e. The van der Waals surface area contributed by atoms with E-state index in [0.717, 1.165) is 57.8 Å². The Morgan fingerprint density at radius 2 is 0.794 bits per heavy atom. The van der Waals surface area contributed by atoms with E-state index in [4.69, 9.17) is 5.11 Å². The van der Waals surface area contributed by atoms with Crippen molar-refractivity contribution in [3.05, 3.63) is 85.1 Å². The molecule has 2 nitrogen and oxygen atoms in total. The van der Waals surface area contributed by atoms with Crippen molar-refractivity contribution in [3.8, 4) is 0 Å². The fourth-order valence-corrected chi connectivity index (χ4v) is 3.33. The average Bonchev–Trinajstić information content (AvgIpc) is 2.83. The molecule has 0 bridgehead atoms. The smallest absolute Gasteiger partial charge is 0.303 e. The largest absolute Gasteiger partial charge is 0.481 e. The minimum Gasteiger partial charge on any atom is -0.481 e. The SMILES string of the molecule is CC/C=C\C/C=C\C/C=C\C/C=C\C/C=C\C/C=C\C/C=C\CCCCCCCCCC(=O)O. The number of unbranched alkanes of at least 4 members (excludes halogenated alkanes) is 7. The molecule has 1 N–H and O–H groups in total. The second-order valence-corrected chi connectivity index (χ2v) is 8.53. The third-order valence-corrected chi connectivity index (χ3v) is 5.30. The van der Waals surface area contributed by atoms with E-state index < -0.39 is 5.97 Å². The second-order valence-electron chi connectivity index (χ2n) is 8.53. The lowest BCUT2D eigenvalue weighted by Gasteiger charge is -2.00. The third kappa shape index (κ3) is 29.7. The summed E-state index contributed by atoms with van der Waals surface area (Å²) in [4.78, 5) is 10.4. The van der Waals surface area contributed by atoms with Crippen molar-refractivity contribution in [1.82, 2.24) is 0 Å². The molecule has 0 unspecified atom stereocenters. The molecule has 0 atom stereocenters. The Bertz CT molecular complexity index is 644. The van der Waals surface area contributed by atoms with Crippen molar-refractivity contribution in [1.29, 1.82) is 0 Å². The van der Waals surface area contributed by atoms with Gasteiger partial charge in [0.15, 0.2) is 0 Å². The van der Waals surface area contributed by atoms with Gasteiger partial charge in [-0.1, -0.05) is 124 Å². The number of hydrogen-bond acceptors (Lipinski definition) is 1. The van der Waals surface area contributed by atoms with Crippen molar-refractivity contribution in [2.75, 3.05) is 0 Å². The van der Waals surface area contributed by atoms with Gasteiger partial charge in [0, 0.05) is 6.42 Å². The third-order valence-electron chi connectivity index (χ3n) is 5.30. The van der Waals surface area contributed by atoms with Gasteiger partial charge in [-0.2, -0.15) is 0 Å². The van der Waals surface area contributed by atoms with Crippen molar-refractivity contribution in [2.45, 2.75) is 110 Å². The highest BCUT2D eigenvalue weighted by atomic mass is 16.4. The van der Waals surface area contributed by atoms with E-state index in [1.807, 2.05) is 0 Å². The molecule has 0 fully saturated rings. The number of rotatable bonds is 23. The van der Waals surface area contributed by atoms with Gasteiger partial charge in [-0.25, -0.2) is 0 Å². The van der Waals surface area contributed by atoms with Gasteiger partial charge in [0.05, 0.1) is 0 Å². The molecule has 0 aromatic rings. The van der Waals surface area contributed by atoms with Crippen LogP contribution in [0.3, 0.4) is 0 Å². The number of carboxylic acids is 1. The summed E-state index contributed by atoms with van der Waals surface area (Å²) in [5, 5.41) is 8.59. The monoisotopic (exact) mass is 466 g/mol. The highest BCUT2D eigenvalue weighted by Crippen LogP contribution is 2.10. The lowest BCUT2D eigenvalue weighted by atomic mass is 10.1. The molecule has 0 rings (SSSR count). The number of carbonyl (C=O) groups is 1. The summed E-state index contributed by atoms with van der Waals surface area (Å²) >= 11 is 0. The fourth-order valence-electron chi connectivity index (χ4n) is 3.33. The van der Waals surface area contributed by atoms with Gasteiger partial charge in [0.1, 0.15) is 0 Å². The Kier molecular flexibility index (Phi) is 26.7. The van der Waals surface area contributed by atoms with Crippen molar-refractivity contribution >= 4 is 5.97 Å². The quantitative estimate of drug-likeness (QED) is 0.120. The first kappa shape index (κ1) is 31.6. The molecular formula is C32H50O2. The molecule has 34 heavy (non-hydrogen) atoms. The molecule has 0 radical (unpaired) electrons. The van der Waals surface area contributed by atoms with E-state index in [-0.39, 0.29) is 0 Å². The molecule has 0 aromatic heterocycles. The van der Waals surface area contributed by atoms with Gasteiger partial charge >= 0.3 is 5.97 Å². The van der Waals surface area contributed by atoms with Gasteiger partial charge in [-0.05, 0) is 64.2 Å². The molecule has 0 aliphatic carbocycles. The van der Waals surface area contributed by atoms with Crippen molar-refractivity contribution in [3.63, 3.8) is 0 Å². The summed E-state index contributed by atoms with van der Waals surface area (Å²) in [6.45, 7) is 2.16. The predicted molar refractivity (Wildman–Crippen MR) is 151 cm³/mol. The van der Waals surface area contributed by atoms with Crippen LogP contribution in [0.5, 0.6) is 0 Å². The molecule has 0 aromatic carbocycles. The fraction of sp³-hybridized carbons (Fsp3) is 0.531. The van der Waals surface area contributed by atoms with E-state index >= 15 is 0 Å². The highest BCUT2D eigenvalue weighted by molar-refractivity contribution is 5.66. The number of hydrogen-bond donors (Lipinski definition) is 1. The number of aliphatic carboxylic acids is 1. The summed E-state index contributed by atoms with van der Waals surface area (Å²) in [6.07, 6.45) is 48.1. The molecule has 0 aliphatic heterocycles. The predicted octanol–water partition coefficient (Wildman–Crippen LogP) is 10.2. The van der Waals surface area contributed by atoms with Crippen LogP contribution in [0.25, 0.3) is 0 Å². The molecule has 0 spiro atoms. The van der Waals surface area contributed by atoms with Crippen LogP contribution in [0.1, 0.15) is 110 Å². The van der Waals surface area contributed by atoms with E-state index in [2.05, 4.69) is 92.0 Å².